The van der Waals surface area contributed by atoms with E-state index in [0.29, 0.717) is 75.0 Å². The smallest absolute Gasteiger partial charge is 0.243 e. The molecule has 0 rings (SSSR count). The third-order valence-corrected chi connectivity index (χ3v) is 17.1. The van der Waals surface area contributed by atoms with E-state index in [1.165, 1.54) is 26.5 Å². The highest BCUT2D eigenvalue weighted by Gasteiger charge is 2.20. The van der Waals surface area contributed by atoms with Gasteiger partial charge in [0.05, 0.1) is 5.75 Å². The lowest BCUT2D eigenvalue weighted by molar-refractivity contribution is -0.142. The number of carbonyl (C=O) groups is 5. The second kappa shape index (κ2) is 53.9. The predicted octanol–water partition coefficient (Wildman–Crippen LogP) is 3.70. The van der Waals surface area contributed by atoms with Gasteiger partial charge in [0, 0.05) is 125 Å². The summed E-state index contributed by atoms with van der Waals surface area (Å²) in [6, 6.07) is -0.511. The average Bonchev–Trinajstić information content (AvgIpc) is 3.13. The Morgan fingerprint density at radius 2 is 0.852 bits per heavy atom. The van der Waals surface area contributed by atoms with Gasteiger partial charge in [-0.1, -0.05) is 130 Å². The Balaban J connectivity index is -0.000000162. The van der Waals surface area contributed by atoms with E-state index in [1.807, 2.05) is 0 Å². The standard InChI is InChI=1S/C11H23N3O2S4.C10H22N4O2S4.C6H14N2OS2.3CH4/c1-14(10(15)2-6-17-19-8-4-12)11(16)3-7-18-20-9-5-13;1-13-10(16)8(6-19-17-4-2-11)14-9(15)7-20-18-5-3-12;1-8-6(9)2-4-10-11-5-3-7;;;/h2-9,12-13H2,1H3;8H,2-7,11-12H2,1H3,(H,13,16)(H,14,15);2-5,7H2,1H3,(H,8,9);3*1H4. The fraction of sp³-hybridized carbons (Fsp3) is 0.833. The quantitative estimate of drug-likeness (QED) is 0.0377. The molecule has 24 heteroatoms. The van der Waals surface area contributed by atoms with Crippen molar-refractivity contribution in [3.8, 4) is 0 Å². The van der Waals surface area contributed by atoms with Crippen LogP contribution in [0.1, 0.15) is 41.5 Å². The Bertz CT molecular complexity index is 857. The van der Waals surface area contributed by atoms with E-state index in [2.05, 4.69) is 16.0 Å². The number of nitrogens with one attached hydrogen (secondary N) is 3. The van der Waals surface area contributed by atoms with Gasteiger partial charge >= 0.3 is 0 Å². The van der Waals surface area contributed by atoms with Crippen molar-refractivity contribution in [2.24, 2.45) is 28.7 Å². The number of imide groups is 1. The lowest BCUT2D eigenvalue weighted by atomic mass is 10.3. The van der Waals surface area contributed by atoms with Crippen molar-refractivity contribution in [1.29, 1.82) is 0 Å². The summed E-state index contributed by atoms with van der Waals surface area (Å²) in [7, 11) is 20.9. The van der Waals surface area contributed by atoms with Gasteiger partial charge in [-0.25, -0.2) is 0 Å². The molecular weight excluding hydrogens is 887 g/mol. The number of carbonyl (C=O) groups excluding carboxylic acids is 5. The van der Waals surface area contributed by atoms with Crippen LogP contribution in [0.4, 0.5) is 0 Å². The molecule has 0 aromatic carbocycles. The number of likely N-dealkylation sites (N-methyl/N-ethyl adjacent to an activating group) is 1. The Labute approximate surface area is 366 Å². The maximum absolute atomic E-state index is 11.8. The summed E-state index contributed by atoms with van der Waals surface area (Å²) in [5, 5.41) is 7.87. The van der Waals surface area contributed by atoms with Gasteiger partial charge in [0.25, 0.3) is 0 Å². The average molecular weight is 959 g/mol. The Hall–Kier alpha value is 0.850. The zero-order valence-corrected chi connectivity index (χ0v) is 37.9. The van der Waals surface area contributed by atoms with Crippen LogP contribution in [0.5, 0.6) is 0 Å². The first-order chi connectivity index (χ1) is 24.6. The Morgan fingerprint density at radius 1 is 0.500 bits per heavy atom. The highest BCUT2D eigenvalue weighted by Crippen LogP contribution is 2.24. The summed E-state index contributed by atoms with van der Waals surface area (Å²) in [4.78, 5) is 58.9. The molecule has 0 radical (unpaired) electrons. The number of hydrogen-bond acceptors (Lipinski definition) is 20. The van der Waals surface area contributed by atoms with Gasteiger partial charge in [-0.2, -0.15) is 0 Å². The predicted molar refractivity (Wildman–Crippen MR) is 262 cm³/mol. The zero-order chi connectivity index (χ0) is 39.0. The van der Waals surface area contributed by atoms with E-state index in [-0.39, 0.29) is 51.8 Å². The number of nitrogens with two attached hydrogens (primary N) is 5. The second-order valence-corrected chi connectivity index (χ2v) is 22.4. The minimum Gasteiger partial charge on any atom is -0.359 e. The molecular formula is C30H71N9O5S10. The maximum Gasteiger partial charge on any atom is 0.243 e. The highest BCUT2D eigenvalue weighted by atomic mass is 33.1. The van der Waals surface area contributed by atoms with E-state index in [4.69, 9.17) is 28.7 Å². The molecule has 14 nitrogen and oxygen atoms in total. The maximum atomic E-state index is 11.8. The molecule has 0 saturated heterocycles. The van der Waals surface area contributed by atoms with Gasteiger partial charge in [-0.3, -0.25) is 28.9 Å². The van der Waals surface area contributed by atoms with Gasteiger partial charge in [-0.15, -0.1) is 0 Å². The van der Waals surface area contributed by atoms with Crippen molar-refractivity contribution < 1.29 is 24.0 Å². The van der Waals surface area contributed by atoms with Crippen LogP contribution in [0, 0.1) is 0 Å². The molecule has 0 aliphatic rings. The van der Waals surface area contributed by atoms with Crippen LogP contribution in [0.25, 0.3) is 0 Å². The van der Waals surface area contributed by atoms with Crippen molar-refractivity contribution in [1.82, 2.24) is 20.9 Å². The minimum atomic E-state index is -0.511. The molecule has 0 aliphatic heterocycles. The fourth-order valence-electron chi connectivity index (χ4n) is 2.51. The van der Waals surface area contributed by atoms with E-state index in [9.17, 15) is 24.0 Å². The SMILES string of the molecule is C.C.C.CN(C(=O)CCSSCCN)C(=O)CCSSCCN.CNC(=O)C(CSSCCN)NC(=O)CSSCCN.CNC(=O)CCSSCCN. The molecule has 54 heavy (non-hydrogen) atoms. The molecule has 0 aliphatic carbocycles. The summed E-state index contributed by atoms with van der Waals surface area (Å²) >= 11 is 0. The van der Waals surface area contributed by atoms with Crippen LogP contribution >= 0.6 is 108 Å². The lowest BCUT2D eigenvalue weighted by Gasteiger charge is -2.16. The van der Waals surface area contributed by atoms with Crippen molar-refractivity contribution >= 4 is 137 Å². The number of nitrogens with zero attached hydrogens (tertiary/aromatic N) is 1. The molecule has 1 atom stereocenters. The van der Waals surface area contributed by atoms with E-state index < -0.39 is 6.04 Å². The molecule has 0 spiro atoms. The van der Waals surface area contributed by atoms with Crippen LogP contribution in [0.15, 0.2) is 0 Å². The molecule has 0 bridgehead atoms. The summed E-state index contributed by atoms with van der Waals surface area (Å²) in [6.45, 7) is 3.18. The summed E-state index contributed by atoms with van der Waals surface area (Å²) in [6.07, 6.45) is 1.37. The van der Waals surface area contributed by atoms with Gasteiger partial charge in [0.2, 0.25) is 29.5 Å². The van der Waals surface area contributed by atoms with Crippen LogP contribution in [0.3, 0.4) is 0 Å². The third kappa shape index (κ3) is 49.0. The molecule has 0 saturated carbocycles. The van der Waals surface area contributed by atoms with Gasteiger partial charge in [0.1, 0.15) is 6.04 Å². The minimum absolute atomic E-state index is 0. The van der Waals surface area contributed by atoms with Crippen LogP contribution in [-0.4, -0.2) is 152 Å². The molecule has 0 fully saturated rings. The zero-order valence-electron chi connectivity index (χ0n) is 29.8. The normalized spacial score (nSPS) is 10.3. The second-order valence-electron chi connectivity index (χ2n) is 9.07. The van der Waals surface area contributed by atoms with Crippen molar-refractivity contribution in [3.05, 3.63) is 0 Å². The first kappa shape index (κ1) is 66.7. The summed E-state index contributed by atoms with van der Waals surface area (Å²) in [5.74, 6) is 7.03. The van der Waals surface area contributed by atoms with Crippen molar-refractivity contribution in [2.75, 3.05) is 111 Å². The summed E-state index contributed by atoms with van der Waals surface area (Å²) in [5.41, 5.74) is 26.8. The molecule has 0 aromatic heterocycles. The topological polar surface area (TPSA) is 255 Å². The fourth-order valence-corrected chi connectivity index (χ4v) is 11.7. The van der Waals surface area contributed by atoms with Gasteiger partial charge in [-0.05, 0) is 0 Å². The largest absolute Gasteiger partial charge is 0.359 e. The molecule has 0 aromatic rings. The molecule has 0 heterocycles. The first-order valence-corrected chi connectivity index (χ1v) is 28.3. The first-order valence-electron chi connectivity index (χ1n) is 15.8. The van der Waals surface area contributed by atoms with E-state index >= 15 is 0 Å². The van der Waals surface area contributed by atoms with Gasteiger partial charge in [0.15, 0.2) is 0 Å². The van der Waals surface area contributed by atoms with Gasteiger partial charge < -0.3 is 44.6 Å². The third-order valence-electron chi connectivity index (χ3n) is 4.98. The number of hydrogen-bond donors (Lipinski definition) is 8. The van der Waals surface area contributed by atoms with Crippen molar-refractivity contribution in [2.45, 2.75) is 47.6 Å². The molecule has 13 N–H and O–H groups in total. The lowest BCUT2D eigenvalue weighted by Crippen LogP contribution is -2.47. The Morgan fingerprint density at radius 3 is 1.22 bits per heavy atom. The number of amides is 5. The molecule has 5 amide bonds. The highest BCUT2D eigenvalue weighted by molar-refractivity contribution is 8.77. The van der Waals surface area contributed by atoms with Crippen LogP contribution in [-0.2, 0) is 24.0 Å². The van der Waals surface area contributed by atoms with Crippen molar-refractivity contribution in [3.63, 3.8) is 0 Å². The van der Waals surface area contributed by atoms with Crippen LogP contribution in [0.2, 0.25) is 0 Å². The van der Waals surface area contributed by atoms with E-state index in [1.54, 1.807) is 107 Å². The Kier molecular flexibility index (Phi) is 66.5. The number of rotatable bonds is 30. The van der Waals surface area contributed by atoms with E-state index in [0.717, 1.165) is 34.5 Å². The summed E-state index contributed by atoms with van der Waals surface area (Å²) < 4.78 is 0. The molecule has 1 unspecified atom stereocenters. The molecule has 326 valence electrons. The van der Waals surface area contributed by atoms with Crippen LogP contribution < -0.4 is 44.6 Å². The monoisotopic (exact) mass is 957 g/mol.